The highest BCUT2D eigenvalue weighted by atomic mass is 32.3. The molecule has 0 saturated heterocycles. The predicted octanol–water partition coefficient (Wildman–Crippen LogP) is 4.32. The molecule has 30 heavy (non-hydrogen) atoms. The Morgan fingerprint density at radius 1 is 1.20 bits per heavy atom. The van der Waals surface area contributed by atoms with Gasteiger partial charge in [0.15, 0.2) is 11.6 Å². The van der Waals surface area contributed by atoms with Gasteiger partial charge in [0.05, 0.1) is 10.6 Å². The molecular weight excluding hydrogens is 410 g/mol. The van der Waals surface area contributed by atoms with E-state index < -0.39 is 22.2 Å². The summed E-state index contributed by atoms with van der Waals surface area (Å²) in [5.74, 6) is -1.37. The van der Waals surface area contributed by atoms with Crippen LogP contribution < -0.4 is 16.0 Å². The molecule has 0 saturated carbocycles. The monoisotopic (exact) mass is 434 g/mol. The maximum atomic E-state index is 14.8. The van der Waals surface area contributed by atoms with Gasteiger partial charge in [-0.25, -0.2) is 13.8 Å². The molecule has 3 aromatic rings. The lowest BCUT2D eigenvalue weighted by atomic mass is 10.1. The van der Waals surface area contributed by atoms with Crippen LogP contribution in [0.1, 0.15) is 11.1 Å². The number of halogens is 2. The van der Waals surface area contributed by atoms with Crippen molar-refractivity contribution in [1.29, 1.82) is 0 Å². The summed E-state index contributed by atoms with van der Waals surface area (Å²) in [6, 6.07) is 10.5. The third-order valence-electron chi connectivity index (χ3n) is 5.27. The average Bonchev–Trinajstić information content (AvgIpc) is 2.87. The smallest absolute Gasteiger partial charge is 0.185 e. The normalized spacial score (nSPS) is 16.8. The zero-order valence-corrected chi connectivity index (χ0v) is 17.3. The van der Waals surface area contributed by atoms with Crippen LogP contribution in [0.3, 0.4) is 0 Å². The van der Waals surface area contributed by atoms with Crippen molar-refractivity contribution in [2.75, 3.05) is 35.6 Å². The van der Waals surface area contributed by atoms with Crippen LogP contribution in [0.2, 0.25) is 0 Å². The Balaban J connectivity index is 1.84. The number of fused-ring (bicyclic) bond motifs is 2. The third kappa shape index (κ3) is 3.69. The number of benzene rings is 2. The van der Waals surface area contributed by atoms with E-state index in [1.807, 2.05) is 17.0 Å². The summed E-state index contributed by atoms with van der Waals surface area (Å²) in [7, 11) is -2.94. The molecule has 0 radical (unpaired) electrons. The number of aromatic nitrogens is 1. The van der Waals surface area contributed by atoms with E-state index in [-0.39, 0.29) is 16.8 Å². The molecule has 1 aliphatic heterocycles. The lowest BCUT2D eigenvalue weighted by Crippen LogP contribution is -2.26. The van der Waals surface area contributed by atoms with Crippen molar-refractivity contribution in [2.24, 2.45) is 5.73 Å². The molecule has 1 aliphatic rings. The van der Waals surface area contributed by atoms with Crippen LogP contribution in [0.4, 0.5) is 20.3 Å². The lowest BCUT2D eigenvalue weighted by Gasteiger charge is -2.32. The molecule has 5 N–H and O–H groups in total. The van der Waals surface area contributed by atoms with Crippen LogP contribution in [0.15, 0.2) is 41.3 Å². The summed E-state index contributed by atoms with van der Waals surface area (Å²) < 4.78 is 50.2. The van der Waals surface area contributed by atoms with Crippen LogP contribution in [0.25, 0.3) is 10.9 Å². The van der Waals surface area contributed by atoms with Gasteiger partial charge in [0.1, 0.15) is 11.3 Å². The van der Waals surface area contributed by atoms with Crippen molar-refractivity contribution in [3.8, 4) is 0 Å². The molecule has 0 atom stereocenters. The van der Waals surface area contributed by atoms with E-state index in [1.165, 1.54) is 6.92 Å². The van der Waals surface area contributed by atoms with Crippen molar-refractivity contribution < 1.29 is 17.9 Å². The second-order valence-corrected chi connectivity index (χ2v) is 9.54. The first-order valence-corrected chi connectivity index (χ1v) is 11.4. The van der Waals surface area contributed by atoms with E-state index in [0.717, 1.165) is 5.56 Å². The minimum Gasteiger partial charge on any atom is -0.383 e. The summed E-state index contributed by atoms with van der Waals surface area (Å²) >= 11 is 0. The minimum atomic E-state index is -2.94. The fourth-order valence-corrected chi connectivity index (χ4v) is 5.25. The number of nitrogens with one attached hydrogen (secondary N) is 1. The molecule has 0 aliphatic carbocycles. The van der Waals surface area contributed by atoms with Crippen LogP contribution in [0, 0.1) is 18.6 Å². The number of aryl methyl sites for hydroxylation is 1. The first kappa shape index (κ1) is 20.8. The topological polar surface area (TPSA) is 94.6 Å². The van der Waals surface area contributed by atoms with Crippen LogP contribution in [-0.2, 0) is 6.54 Å². The number of hydrogen-bond donors (Lipinski definition) is 4. The van der Waals surface area contributed by atoms with Crippen molar-refractivity contribution in [2.45, 2.75) is 18.4 Å². The summed E-state index contributed by atoms with van der Waals surface area (Å²) in [5, 5.41) is 3.64. The van der Waals surface area contributed by atoms with E-state index in [9.17, 15) is 17.9 Å². The van der Waals surface area contributed by atoms with Gasteiger partial charge in [-0.2, -0.15) is 10.6 Å². The van der Waals surface area contributed by atoms with Gasteiger partial charge in [-0.1, -0.05) is 18.2 Å². The summed E-state index contributed by atoms with van der Waals surface area (Å²) in [6.45, 7) is 3.02. The van der Waals surface area contributed by atoms with E-state index in [4.69, 9.17) is 5.73 Å². The zero-order valence-electron chi connectivity index (χ0n) is 16.5. The molecule has 0 amide bonds. The van der Waals surface area contributed by atoms with Crippen LogP contribution in [-0.4, -0.2) is 39.5 Å². The second kappa shape index (κ2) is 7.99. The largest absolute Gasteiger partial charge is 0.383 e. The average molecular weight is 435 g/mol. The molecule has 2 aromatic carbocycles. The molecule has 4 rings (SSSR count). The number of anilines is 2. The summed E-state index contributed by atoms with van der Waals surface area (Å²) in [6.07, 6.45) is 0. The molecule has 0 fully saturated rings. The van der Waals surface area contributed by atoms with E-state index in [0.29, 0.717) is 48.0 Å². The van der Waals surface area contributed by atoms with Gasteiger partial charge in [0, 0.05) is 43.3 Å². The maximum absolute atomic E-state index is 14.8. The van der Waals surface area contributed by atoms with Crippen molar-refractivity contribution in [3.05, 3.63) is 59.2 Å². The fourth-order valence-electron chi connectivity index (χ4n) is 3.71. The Morgan fingerprint density at radius 3 is 2.73 bits per heavy atom. The Hall–Kier alpha value is -2.46. The highest BCUT2D eigenvalue weighted by molar-refractivity contribution is 8.24. The molecule has 2 heterocycles. The highest BCUT2D eigenvalue weighted by Crippen LogP contribution is 2.51. The van der Waals surface area contributed by atoms with E-state index in [2.05, 4.69) is 10.3 Å². The lowest BCUT2D eigenvalue weighted by molar-refractivity contribution is 0.488. The molecule has 160 valence electrons. The first-order chi connectivity index (χ1) is 14.3. The molecule has 0 spiro atoms. The Labute approximate surface area is 175 Å². The summed E-state index contributed by atoms with van der Waals surface area (Å²) in [4.78, 5) is 6.78. The third-order valence-corrected chi connectivity index (χ3v) is 7.12. The SMILES string of the molecule is Cc1cc2c(NCCN)cc(N3CCS(O)(O)c4ccccc4C3)nc2c(F)c1F. The Bertz CT molecular complexity index is 1110. The molecular formula is C21H24F2N4O2S. The standard InChI is InChI=1S/C21H24F2N4O2S/c1-13-10-15-16(25-7-6-24)11-18(26-21(15)20(23)19(13)22)27-8-9-30(28,29)17-5-3-2-4-14(17)12-27/h2-5,10-11,28-29H,6-9,12,24H2,1H3,(H,25,26). The number of hydrogen-bond acceptors (Lipinski definition) is 6. The Morgan fingerprint density at radius 2 is 1.97 bits per heavy atom. The van der Waals surface area contributed by atoms with Crippen LogP contribution >= 0.6 is 10.6 Å². The van der Waals surface area contributed by atoms with Crippen molar-refractivity contribution in [1.82, 2.24) is 4.98 Å². The molecule has 6 nitrogen and oxygen atoms in total. The van der Waals surface area contributed by atoms with Crippen molar-refractivity contribution >= 4 is 33.0 Å². The second-order valence-electron chi connectivity index (χ2n) is 7.36. The number of rotatable bonds is 4. The predicted molar refractivity (Wildman–Crippen MR) is 117 cm³/mol. The molecule has 0 unspecified atom stereocenters. The van der Waals surface area contributed by atoms with E-state index in [1.54, 1.807) is 24.3 Å². The molecule has 0 bridgehead atoms. The number of nitrogens with zero attached hydrogens (tertiary/aromatic N) is 2. The quantitative estimate of drug-likeness (QED) is 0.489. The fraction of sp³-hybridized carbons (Fsp3) is 0.286. The van der Waals surface area contributed by atoms with Crippen LogP contribution in [0.5, 0.6) is 0 Å². The summed E-state index contributed by atoms with van der Waals surface area (Å²) in [5.41, 5.74) is 7.11. The van der Waals surface area contributed by atoms with E-state index >= 15 is 0 Å². The van der Waals surface area contributed by atoms with Gasteiger partial charge in [0.25, 0.3) is 0 Å². The number of nitrogens with two attached hydrogens (primary N) is 1. The Kier molecular flexibility index (Phi) is 5.54. The first-order valence-electron chi connectivity index (χ1n) is 9.64. The van der Waals surface area contributed by atoms with Gasteiger partial charge >= 0.3 is 0 Å². The van der Waals surface area contributed by atoms with Gasteiger partial charge < -0.3 is 16.0 Å². The minimum absolute atomic E-state index is 0.0701. The van der Waals surface area contributed by atoms with Gasteiger partial charge in [-0.15, -0.1) is 0 Å². The zero-order chi connectivity index (χ0) is 21.5. The maximum Gasteiger partial charge on any atom is 0.185 e. The van der Waals surface area contributed by atoms with Crippen molar-refractivity contribution in [3.63, 3.8) is 0 Å². The molecule has 1 aromatic heterocycles. The number of pyridine rings is 1. The van der Waals surface area contributed by atoms with Gasteiger partial charge in [0.2, 0.25) is 0 Å². The van der Waals surface area contributed by atoms with Gasteiger partial charge in [-0.05, 0) is 30.2 Å². The molecule has 9 heteroatoms. The highest BCUT2D eigenvalue weighted by Gasteiger charge is 2.27. The van der Waals surface area contributed by atoms with Gasteiger partial charge in [-0.3, -0.25) is 9.11 Å².